The maximum Gasteiger partial charge on any atom is 0.158 e. The lowest BCUT2D eigenvalue weighted by Gasteiger charge is -2.08. The summed E-state index contributed by atoms with van der Waals surface area (Å²) in [5.74, 6) is 0.916. The van der Waals surface area contributed by atoms with E-state index in [2.05, 4.69) is 4.99 Å². The summed E-state index contributed by atoms with van der Waals surface area (Å²) in [6, 6.07) is 3.23. The van der Waals surface area contributed by atoms with Gasteiger partial charge in [-0.25, -0.2) is 0 Å². The summed E-state index contributed by atoms with van der Waals surface area (Å²) < 4.78 is 1.04. The number of phenols is 2. The van der Waals surface area contributed by atoms with Crippen LogP contribution in [-0.2, 0) is 6.42 Å². The molecule has 1 aliphatic heterocycles. The van der Waals surface area contributed by atoms with Gasteiger partial charge < -0.3 is 10.2 Å². The first kappa shape index (κ1) is 11.7. The zero-order chi connectivity index (χ0) is 11.5. The number of hydrogen-bond donors (Lipinski definition) is 2. The van der Waals surface area contributed by atoms with Crippen molar-refractivity contribution in [2.24, 2.45) is 4.99 Å². The number of nitrogens with zero attached hydrogens (tertiary/aromatic N) is 1. The Morgan fingerprint density at radius 3 is 2.75 bits per heavy atom. The van der Waals surface area contributed by atoms with E-state index in [1.165, 1.54) is 0 Å². The second-order valence-corrected chi connectivity index (χ2v) is 5.77. The smallest absolute Gasteiger partial charge is 0.158 e. The molecule has 2 N–H and O–H groups in total. The second kappa shape index (κ2) is 5.01. The molecular formula is C11H13NO2S2. The first-order valence-electron chi connectivity index (χ1n) is 5.10. The zero-order valence-corrected chi connectivity index (χ0v) is 10.6. The van der Waals surface area contributed by atoms with Gasteiger partial charge in [0.05, 0.1) is 6.54 Å². The van der Waals surface area contributed by atoms with Crippen molar-refractivity contribution in [2.75, 3.05) is 12.3 Å². The van der Waals surface area contributed by atoms with Crippen LogP contribution in [0.4, 0.5) is 0 Å². The highest BCUT2D eigenvalue weighted by Crippen LogP contribution is 2.37. The number of phenolic OH excluding ortho intramolecular Hbond substituents is 2. The number of aliphatic imine (C=N–C) groups is 1. The number of thioether (sulfide) groups is 2. The van der Waals surface area contributed by atoms with Gasteiger partial charge in [0.15, 0.2) is 11.5 Å². The predicted octanol–water partition coefficient (Wildman–Crippen LogP) is 2.86. The van der Waals surface area contributed by atoms with Crippen molar-refractivity contribution in [3.8, 4) is 11.5 Å². The molecule has 5 heteroatoms. The van der Waals surface area contributed by atoms with E-state index in [1.54, 1.807) is 35.7 Å². The van der Waals surface area contributed by atoms with Crippen LogP contribution < -0.4 is 0 Å². The normalized spacial score (nSPS) is 15.2. The van der Waals surface area contributed by atoms with E-state index in [1.807, 2.05) is 6.92 Å². The van der Waals surface area contributed by atoms with Crippen molar-refractivity contribution in [2.45, 2.75) is 18.2 Å². The Morgan fingerprint density at radius 2 is 2.12 bits per heavy atom. The Labute approximate surface area is 103 Å². The first-order chi connectivity index (χ1) is 7.70. The molecule has 0 fully saturated rings. The molecule has 0 amide bonds. The van der Waals surface area contributed by atoms with Crippen LogP contribution in [0.5, 0.6) is 11.5 Å². The van der Waals surface area contributed by atoms with Gasteiger partial charge in [0.1, 0.15) is 4.38 Å². The summed E-state index contributed by atoms with van der Waals surface area (Å²) >= 11 is 3.30. The highest BCUT2D eigenvalue weighted by Gasteiger charge is 2.13. The lowest BCUT2D eigenvalue weighted by Crippen LogP contribution is -1.88. The highest BCUT2D eigenvalue weighted by molar-refractivity contribution is 8.39. The quantitative estimate of drug-likeness (QED) is 0.798. The van der Waals surface area contributed by atoms with Crippen molar-refractivity contribution >= 4 is 27.9 Å². The van der Waals surface area contributed by atoms with Crippen LogP contribution in [-0.4, -0.2) is 26.9 Å². The van der Waals surface area contributed by atoms with E-state index in [9.17, 15) is 10.2 Å². The lowest BCUT2D eigenvalue weighted by molar-refractivity contribution is 0.401. The molecule has 1 aromatic carbocycles. The fourth-order valence-electron chi connectivity index (χ4n) is 1.44. The Morgan fingerprint density at radius 1 is 1.38 bits per heavy atom. The molecule has 2 rings (SSSR count). The molecular weight excluding hydrogens is 242 g/mol. The van der Waals surface area contributed by atoms with Gasteiger partial charge in [-0.1, -0.05) is 30.4 Å². The van der Waals surface area contributed by atoms with Crippen molar-refractivity contribution in [3.05, 3.63) is 17.7 Å². The Hall–Kier alpha value is -0.810. The van der Waals surface area contributed by atoms with E-state index < -0.39 is 0 Å². The standard InChI is InChI=1S/C11H13NO2S2/c1-2-7-5-8(13)9(14)6-10(7)16-11-12-3-4-15-11/h5-6,13-14H,2-4H2,1H3. The monoisotopic (exact) mass is 255 g/mol. The summed E-state index contributed by atoms with van der Waals surface area (Å²) in [6.07, 6.45) is 0.827. The molecule has 1 heterocycles. The molecule has 0 radical (unpaired) electrons. The van der Waals surface area contributed by atoms with Gasteiger partial charge >= 0.3 is 0 Å². The minimum Gasteiger partial charge on any atom is -0.504 e. The third-order valence-electron chi connectivity index (χ3n) is 2.29. The Balaban J connectivity index is 2.27. The fourth-order valence-corrected chi connectivity index (χ4v) is 3.59. The molecule has 86 valence electrons. The Bertz CT molecular complexity index is 432. The summed E-state index contributed by atoms with van der Waals surface area (Å²) in [4.78, 5) is 5.33. The number of aryl methyl sites for hydroxylation is 1. The minimum absolute atomic E-state index is 0.0535. The van der Waals surface area contributed by atoms with Crippen molar-refractivity contribution in [1.29, 1.82) is 0 Å². The summed E-state index contributed by atoms with van der Waals surface area (Å²) in [7, 11) is 0. The third kappa shape index (κ3) is 2.47. The van der Waals surface area contributed by atoms with Crippen LogP contribution >= 0.6 is 23.5 Å². The predicted molar refractivity (Wildman–Crippen MR) is 69.8 cm³/mol. The molecule has 0 bridgehead atoms. The maximum atomic E-state index is 9.48. The van der Waals surface area contributed by atoms with Crippen molar-refractivity contribution < 1.29 is 10.2 Å². The number of hydrogen-bond acceptors (Lipinski definition) is 5. The first-order valence-corrected chi connectivity index (χ1v) is 6.91. The molecule has 0 spiro atoms. The zero-order valence-electron chi connectivity index (χ0n) is 8.93. The van der Waals surface area contributed by atoms with Gasteiger partial charge in [0.25, 0.3) is 0 Å². The van der Waals surface area contributed by atoms with Gasteiger partial charge in [-0.2, -0.15) is 0 Å². The second-order valence-electron chi connectivity index (χ2n) is 3.40. The highest BCUT2D eigenvalue weighted by atomic mass is 32.2. The molecule has 1 aliphatic rings. The summed E-state index contributed by atoms with van der Waals surface area (Å²) in [5.41, 5.74) is 1.04. The minimum atomic E-state index is -0.0664. The summed E-state index contributed by atoms with van der Waals surface area (Å²) in [5, 5.41) is 18.9. The van der Waals surface area contributed by atoms with E-state index in [0.29, 0.717) is 0 Å². The number of aromatic hydroxyl groups is 2. The molecule has 1 aromatic rings. The van der Waals surface area contributed by atoms with Gasteiger partial charge in [0.2, 0.25) is 0 Å². The average Bonchev–Trinajstić information content (AvgIpc) is 2.76. The lowest BCUT2D eigenvalue weighted by atomic mass is 10.1. The van der Waals surface area contributed by atoms with Crippen molar-refractivity contribution in [3.63, 3.8) is 0 Å². The molecule has 0 saturated heterocycles. The maximum absolute atomic E-state index is 9.48. The molecule has 0 saturated carbocycles. The molecule has 0 atom stereocenters. The average molecular weight is 255 g/mol. The largest absolute Gasteiger partial charge is 0.504 e. The Kier molecular flexibility index (Phi) is 3.66. The van der Waals surface area contributed by atoms with Crippen LogP contribution in [0.25, 0.3) is 0 Å². The van der Waals surface area contributed by atoms with Crippen LogP contribution in [0.3, 0.4) is 0 Å². The number of rotatable bonds is 2. The number of benzene rings is 1. The van der Waals surface area contributed by atoms with E-state index in [0.717, 1.165) is 33.6 Å². The van der Waals surface area contributed by atoms with Crippen LogP contribution in [0.2, 0.25) is 0 Å². The van der Waals surface area contributed by atoms with E-state index in [4.69, 9.17) is 0 Å². The molecule has 16 heavy (non-hydrogen) atoms. The van der Waals surface area contributed by atoms with Gasteiger partial charge in [0, 0.05) is 10.6 Å². The summed E-state index contributed by atoms with van der Waals surface area (Å²) in [6.45, 7) is 2.90. The van der Waals surface area contributed by atoms with Crippen molar-refractivity contribution in [1.82, 2.24) is 0 Å². The SMILES string of the molecule is CCc1cc(O)c(O)cc1SC1=NCCS1. The van der Waals surface area contributed by atoms with Crippen LogP contribution in [0.15, 0.2) is 22.0 Å². The molecule has 3 nitrogen and oxygen atoms in total. The topological polar surface area (TPSA) is 52.8 Å². The van der Waals surface area contributed by atoms with Crippen LogP contribution in [0, 0.1) is 0 Å². The fraction of sp³-hybridized carbons (Fsp3) is 0.364. The third-order valence-corrected chi connectivity index (χ3v) is 4.56. The van der Waals surface area contributed by atoms with Gasteiger partial charge in [-0.05, 0) is 24.1 Å². The van der Waals surface area contributed by atoms with Gasteiger partial charge in [-0.3, -0.25) is 4.99 Å². The van der Waals surface area contributed by atoms with Crippen LogP contribution in [0.1, 0.15) is 12.5 Å². The van der Waals surface area contributed by atoms with E-state index >= 15 is 0 Å². The molecule has 0 aromatic heterocycles. The van der Waals surface area contributed by atoms with Gasteiger partial charge in [-0.15, -0.1) is 0 Å². The molecule has 0 aliphatic carbocycles. The molecule has 0 unspecified atom stereocenters. The van der Waals surface area contributed by atoms with E-state index in [-0.39, 0.29) is 11.5 Å².